The summed E-state index contributed by atoms with van der Waals surface area (Å²) in [5, 5.41) is 10.8. The minimum absolute atomic E-state index is 0.0563. The summed E-state index contributed by atoms with van der Waals surface area (Å²) in [5.41, 5.74) is 16.3. The lowest BCUT2D eigenvalue weighted by atomic mass is 9.99. The second-order valence-electron chi connectivity index (χ2n) is 21.8. The van der Waals surface area contributed by atoms with Gasteiger partial charge in [-0.05, 0) is 159 Å². The predicted molar refractivity (Wildman–Crippen MR) is 307 cm³/mol. The SMILES string of the molecule is Cc1cc(Nc2ncnc3ccc(N4CC5CCC(C4)N5)nc23)ccc1Cc1ccc2c(c1)ncn2C/C=C/C(=O)N1C2CCC1CN(c1ccc3ncnc(Nc4ccc(Cc5ccc6c(c5)ncn6C)c(C)c4)c3n1)C2. The Morgan fingerprint density at radius 3 is 1.73 bits per heavy atom. The van der Waals surface area contributed by atoms with Crippen LogP contribution in [0.25, 0.3) is 44.1 Å². The number of hydrogen-bond donors (Lipinski definition) is 3. The highest BCUT2D eigenvalue weighted by molar-refractivity contribution is 5.91. The Balaban J connectivity index is 0.595. The number of imidazole rings is 2. The monoisotopic (exact) mass is 1030 g/mol. The fourth-order valence-corrected chi connectivity index (χ4v) is 12.5. The minimum atomic E-state index is 0.0563. The number of aryl methyl sites for hydroxylation is 3. The molecular formula is C61H60N16O. The van der Waals surface area contributed by atoms with E-state index in [1.807, 2.05) is 42.5 Å². The molecular weight excluding hydrogens is 973 g/mol. The molecule has 10 aromatic rings. The molecule has 0 saturated carbocycles. The topological polar surface area (TPSA) is 176 Å². The van der Waals surface area contributed by atoms with Gasteiger partial charge in [0.25, 0.3) is 0 Å². The molecule has 14 rings (SSSR count). The van der Waals surface area contributed by atoms with E-state index in [4.69, 9.17) is 15.0 Å². The summed E-state index contributed by atoms with van der Waals surface area (Å²) < 4.78 is 4.14. The molecule has 4 atom stereocenters. The minimum Gasteiger partial charge on any atom is -0.353 e. The van der Waals surface area contributed by atoms with Crippen molar-refractivity contribution in [3.05, 3.63) is 168 Å². The van der Waals surface area contributed by atoms with Crippen molar-refractivity contribution in [1.82, 2.24) is 59.2 Å². The van der Waals surface area contributed by atoms with Crippen LogP contribution in [-0.2, 0) is 31.2 Å². The molecule has 17 nitrogen and oxygen atoms in total. The van der Waals surface area contributed by atoms with Gasteiger partial charge in [0.15, 0.2) is 11.6 Å². The van der Waals surface area contributed by atoms with Crippen LogP contribution in [0.15, 0.2) is 135 Å². The Kier molecular flexibility index (Phi) is 12.0. The number of pyridine rings is 2. The van der Waals surface area contributed by atoms with E-state index in [1.165, 1.54) is 46.2 Å². The van der Waals surface area contributed by atoms with Crippen molar-refractivity contribution in [1.29, 1.82) is 0 Å². The first-order valence-corrected chi connectivity index (χ1v) is 27.2. The summed E-state index contributed by atoms with van der Waals surface area (Å²) in [7, 11) is 2.02. The van der Waals surface area contributed by atoms with Crippen LogP contribution >= 0.6 is 0 Å². The summed E-state index contributed by atoms with van der Waals surface area (Å²) in [5.74, 6) is 3.26. The van der Waals surface area contributed by atoms with Gasteiger partial charge in [-0.15, -0.1) is 0 Å². The quantitative estimate of drug-likeness (QED) is 0.0932. The Bertz CT molecular complexity index is 3970. The molecule has 78 heavy (non-hydrogen) atoms. The average Bonchev–Trinajstić information content (AvgIpc) is 4.25. The van der Waals surface area contributed by atoms with Gasteiger partial charge in [0.2, 0.25) is 5.91 Å². The summed E-state index contributed by atoms with van der Waals surface area (Å²) >= 11 is 0. The third-order valence-corrected chi connectivity index (χ3v) is 16.6. The number of amides is 1. The Morgan fingerprint density at radius 2 is 1.14 bits per heavy atom. The zero-order chi connectivity index (χ0) is 52.4. The first kappa shape index (κ1) is 47.6. The normalized spacial score (nSPS) is 19.1. The van der Waals surface area contributed by atoms with Gasteiger partial charge in [-0.25, -0.2) is 39.9 Å². The second-order valence-corrected chi connectivity index (χ2v) is 21.8. The molecule has 390 valence electrons. The fourth-order valence-electron chi connectivity index (χ4n) is 12.5. The number of piperazine rings is 2. The molecule has 4 saturated heterocycles. The van der Waals surface area contributed by atoms with E-state index in [2.05, 4.69) is 159 Å². The maximum Gasteiger partial charge on any atom is 0.246 e. The number of nitrogens with zero attached hydrogens (tertiary/aromatic N) is 13. The molecule has 6 aromatic heterocycles. The van der Waals surface area contributed by atoms with Crippen molar-refractivity contribution in [2.75, 3.05) is 46.6 Å². The molecule has 10 heterocycles. The Hall–Kier alpha value is -8.83. The Labute approximate surface area is 451 Å². The molecule has 4 aliphatic rings. The highest BCUT2D eigenvalue weighted by atomic mass is 16.2. The van der Waals surface area contributed by atoms with Gasteiger partial charge in [0, 0.05) is 81.4 Å². The van der Waals surface area contributed by atoms with E-state index in [-0.39, 0.29) is 18.0 Å². The van der Waals surface area contributed by atoms with E-state index in [0.29, 0.717) is 48.9 Å². The van der Waals surface area contributed by atoms with Crippen LogP contribution < -0.4 is 25.8 Å². The molecule has 4 aromatic carbocycles. The summed E-state index contributed by atoms with van der Waals surface area (Å²) in [6.45, 7) is 8.21. The van der Waals surface area contributed by atoms with Crippen molar-refractivity contribution in [2.24, 2.45) is 7.05 Å². The smallest absolute Gasteiger partial charge is 0.246 e. The molecule has 0 aliphatic carbocycles. The van der Waals surface area contributed by atoms with Gasteiger partial charge in [0.05, 0.1) is 45.8 Å². The van der Waals surface area contributed by atoms with E-state index < -0.39 is 0 Å². The number of rotatable bonds is 13. The average molecular weight is 1030 g/mol. The van der Waals surface area contributed by atoms with Crippen LogP contribution in [0.5, 0.6) is 0 Å². The highest BCUT2D eigenvalue weighted by Gasteiger charge is 2.42. The first-order chi connectivity index (χ1) is 38.2. The number of fused-ring (bicyclic) bond motifs is 8. The van der Waals surface area contributed by atoms with Gasteiger partial charge in [-0.1, -0.05) is 30.3 Å². The van der Waals surface area contributed by atoms with Crippen molar-refractivity contribution < 1.29 is 4.79 Å². The van der Waals surface area contributed by atoms with Crippen molar-refractivity contribution in [3.63, 3.8) is 0 Å². The summed E-state index contributed by atoms with van der Waals surface area (Å²) in [4.78, 5) is 58.6. The lowest BCUT2D eigenvalue weighted by Crippen LogP contribution is -2.55. The third-order valence-electron chi connectivity index (χ3n) is 16.6. The summed E-state index contributed by atoms with van der Waals surface area (Å²) in [6.07, 6.45) is 16.6. The van der Waals surface area contributed by atoms with Crippen LogP contribution in [0.4, 0.5) is 34.6 Å². The molecule has 3 N–H and O–H groups in total. The predicted octanol–water partition coefficient (Wildman–Crippen LogP) is 9.26. The van der Waals surface area contributed by atoms with Crippen LogP contribution in [0, 0.1) is 13.8 Å². The third kappa shape index (κ3) is 9.16. The van der Waals surface area contributed by atoms with Crippen molar-refractivity contribution in [2.45, 2.75) is 83.1 Å². The molecule has 4 bridgehead atoms. The molecule has 0 spiro atoms. The highest BCUT2D eigenvalue weighted by Crippen LogP contribution is 2.35. The second kappa shape index (κ2) is 19.6. The van der Waals surface area contributed by atoms with E-state index in [0.717, 1.165) is 100 Å². The van der Waals surface area contributed by atoms with Crippen LogP contribution in [0.1, 0.15) is 59.1 Å². The van der Waals surface area contributed by atoms with Gasteiger partial charge in [-0.2, -0.15) is 0 Å². The molecule has 4 fully saturated rings. The van der Waals surface area contributed by atoms with E-state index in [1.54, 1.807) is 18.7 Å². The largest absolute Gasteiger partial charge is 0.353 e. The molecule has 17 heteroatoms. The standard InChI is InChI=1S/C61H60N16O/c1-37-23-44(10-8-41(37)25-39-6-18-53-51(27-39)66-35-73(53)3)70-61-59-50(63-34-65-61)17-21-56(72-59)76-31-47-14-15-48(32-76)77(47)57(78)5-4-22-74-36-67-52-28-40(7-19-54(52)74)26-42-9-11-43(24-38(42)2)69-60-58-49(62-33-64-60)16-20-55(71-58)75-29-45-12-13-46(30-75)68-45/h4-11,16-21,23-24,27-28,33-36,45-48,68H,12-15,22,25-26,29-32H2,1-3H3,(H,62,64,69)(H,63,65,70)/b5-4+. The molecule has 0 radical (unpaired) electrons. The van der Waals surface area contributed by atoms with E-state index in [9.17, 15) is 4.79 Å². The molecule has 4 aliphatic heterocycles. The number of nitrogens with one attached hydrogen (secondary N) is 3. The van der Waals surface area contributed by atoms with Crippen molar-refractivity contribution in [3.8, 4) is 0 Å². The Morgan fingerprint density at radius 1 is 0.590 bits per heavy atom. The van der Waals surface area contributed by atoms with Gasteiger partial charge >= 0.3 is 0 Å². The lowest BCUT2D eigenvalue weighted by Gasteiger charge is -2.41. The molecule has 4 unspecified atom stereocenters. The number of anilines is 6. The number of allylic oxidation sites excluding steroid dienone is 1. The van der Waals surface area contributed by atoms with E-state index >= 15 is 0 Å². The van der Waals surface area contributed by atoms with Gasteiger partial charge in [-0.3, -0.25) is 4.79 Å². The maximum absolute atomic E-state index is 13.9. The van der Waals surface area contributed by atoms with Gasteiger partial charge in [0.1, 0.15) is 35.3 Å². The maximum atomic E-state index is 13.9. The van der Waals surface area contributed by atoms with Crippen LogP contribution in [-0.4, -0.2) is 110 Å². The zero-order valence-electron chi connectivity index (χ0n) is 44.0. The fraction of sp³-hybridized carbons (Fsp3) is 0.295. The number of aromatic nitrogens is 10. The zero-order valence-corrected chi connectivity index (χ0v) is 44.0. The number of carbonyl (C=O) groups excluding carboxylic acids is 1. The first-order valence-electron chi connectivity index (χ1n) is 27.2. The van der Waals surface area contributed by atoms with Crippen LogP contribution in [0.2, 0.25) is 0 Å². The molecule has 1 amide bonds. The lowest BCUT2D eigenvalue weighted by molar-refractivity contribution is -0.129. The van der Waals surface area contributed by atoms with Gasteiger partial charge < -0.3 is 39.8 Å². The number of carbonyl (C=O) groups is 1. The number of benzene rings is 4. The number of hydrogen-bond acceptors (Lipinski definition) is 14. The summed E-state index contributed by atoms with van der Waals surface area (Å²) in [6, 6.07) is 35.3. The van der Waals surface area contributed by atoms with Crippen LogP contribution in [0.3, 0.4) is 0 Å². The van der Waals surface area contributed by atoms with Crippen molar-refractivity contribution >= 4 is 84.7 Å².